The number of hydrogen-bond acceptors (Lipinski definition) is 4. The van der Waals surface area contributed by atoms with Gasteiger partial charge in [-0.3, -0.25) is 9.59 Å². The predicted octanol–water partition coefficient (Wildman–Crippen LogP) is 0.258. The van der Waals surface area contributed by atoms with Gasteiger partial charge in [0.25, 0.3) is 5.91 Å². The van der Waals surface area contributed by atoms with E-state index in [1.165, 1.54) is 0 Å². The Morgan fingerprint density at radius 1 is 1.44 bits per heavy atom. The van der Waals surface area contributed by atoms with Gasteiger partial charge < -0.3 is 21.5 Å². The van der Waals surface area contributed by atoms with Crippen LogP contribution in [0.2, 0.25) is 0 Å². The molecule has 0 saturated carbocycles. The van der Waals surface area contributed by atoms with E-state index < -0.39 is 11.9 Å². The van der Waals surface area contributed by atoms with Gasteiger partial charge in [-0.15, -0.1) is 12.4 Å². The number of nitrogens with one attached hydrogen (secondary N) is 1. The molecule has 1 rings (SSSR count). The van der Waals surface area contributed by atoms with Crippen molar-refractivity contribution in [1.29, 1.82) is 0 Å². The van der Waals surface area contributed by atoms with E-state index in [4.69, 9.17) is 16.2 Å². The molecular weight excluding hydrogens is 258 g/mol. The van der Waals surface area contributed by atoms with E-state index in [1.807, 2.05) is 0 Å². The van der Waals surface area contributed by atoms with Crippen molar-refractivity contribution in [3.63, 3.8) is 0 Å². The van der Waals surface area contributed by atoms with Gasteiger partial charge in [0.15, 0.2) is 6.61 Å². The Hall–Kier alpha value is -1.79. The van der Waals surface area contributed by atoms with Gasteiger partial charge >= 0.3 is 0 Å². The van der Waals surface area contributed by atoms with Crippen LogP contribution in [0, 0.1) is 0 Å². The van der Waals surface area contributed by atoms with Crippen molar-refractivity contribution in [1.82, 2.24) is 0 Å². The standard InChI is InChI=1S/C11H15N3O3.ClH/c1-7(12)11(16)14-8-3-2-4-9(5-8)17-6-10(13)15;/h2-5,7H,6,12H2,1H3,(H2,13,15)(H,14,16);1H/t7-;/m0./s1. The first-order chi connectivity index (χ1) is 7.99. The maximum atomic E-state index is 11.3. The fourth-order valence-corrected chi connectivity index (χ4v) is 1.07. The van der Waals surface area contributed by atoms with Gasteiger partial charge in [0.05, 0.1) is 6.04 Å². The fourth-order valence-electron chi connectivity index (χ4n) is 1.07. The summed E-state index contributed by atoms with van der Waals surface area (Å²) in [6.07, 6.45) is 0. The highest BCUT2D eigenvalue weighted by atomic mass is 35.5. The highest BCUT2D eigenvalue weighted by Crippen LogP contribution is 2.17. The summed E-state index contributed by atoms with van der Waals surface area (Å²) in [5.74, 6) is -0.404. The van der Waals surface area contributed by atoms with Crippen LogP contribution in [0.15, 0.2) is 24.3 Å². The Kier molecular flexibility index (Phi) is 6.77. The highest BCUT2D eigenvalue weighted by Gasteiger charge is 2.07. The summed E-state index contributed by atoms with van der Waals surface area (Å²) in [6.45, 7) is 1.38. The van der Waals surface area contributed by atoms with E-state index in [9.17, 15) is 9.59 Å². The van der Waals surface area contributed by atoms with Gasteiger partial charge in [-0.2, -0.15) is 0 Å². The predicted molar refractivity (Wildman–Crippen MR) is 70.7 cm³/mol. The molecule has 2 amide bonds. The van der Waals surface area contributed by atoms with Crippen LogP contribution in [-0.4, -0.2) is 24.5 Å². The number of primary amides is 1. The third kappa shape index (κ3) is 5.51. The molecule has 0 unspecified atom stereocenters. The number of rotatable bonds is 5. The lowest BCUT2D eigenvalue weighted by atomic mass is 10.2. The molecule has 0 aliphatic carbocycles. The summed E-state index contributed by atoms with van der Waals surface area (Å²) >= 11 is 0. The van der Waals surface area contributed by atoms with Gasteiger partial charge in [-0.05, 0) is 19.1 Å². The Labute approximate surface area is 111 Å². The lowest BCUT2D eigenvalue weighted by Gasteiger charge is -2.09. The molecule has 18 heavy (non-hydrogen) atoms. The van der Waals surface area contributed by atoms with Gasteiger partial charge in [-0.1, -0.05) is 6.07 Å². The number of carbonyl (C=O) groups excluding carboxylic acids is 2. The summed E-state index contributed by atoms with van der Waals surface area (Å²) in [5.41, 5.74) is 10.9. The van der Waals surface area contributed by atoms with Crippen LogP contribution in [0.4, 0.5) is 5.69 Å². The van der Waals surface area contributed by atoms with E-state index in [0.29, 0.717) is 11.4 Å². The average Bonchev–Trinajstić information content (AvgIpc) is 2.26. The molecule has 0 radical (unpaired) electrons. The molecule has 0 saturated heterocycles. The molecule has 0 fully saturated rings. The van der Waals surface area contributed by atoms with E-state index in [1.54, 1.807) is 31.2 Å². The number of hydrogen-bond donors (Lipinski definition) is 3. The van der Waals surface area contributed by atoms with Crippen molar-refractivity contribution in [3.05, 3.63) is 24.3 Å². The summed E-state index contributed by atoms with van der Waals surface area (Å²) in [4.78, 5) is 21.9. The zero-order valence-corrected chi connectivity index (χ0v) is 10.7. The van der Waals surface area contributed by atoms with Gasteiger partial charge in [0.2, 0.25) is 5.91 Å². The van der Waals surface area contributed by atoms with E-state index in [0.717, 1.165) is 0 Å². The highest BCUT2D eigenvalue weighted by molar-refractivity contribution is 5.94. The second-order valence-corrected chi connectivity index (χ2v) is 3.56. The van der Waals surface area contributed by atoms with Crippen LogP contribution in [-0.2, 0) is 9.59 Å². The van der Waals surface area contributed by atoms with Crippen LogP contribution >= 0.6 is 12.4 Å². The molecule has 6 nitrogen and oxygen atoms in total. The monoisotopic (exact) mass is 273 g/mol. The Morgan fingerprint density at radius 3 is 2.67 bits per heavy atom. The molecular formula is C11H16ClN3O3. The van der Waals surface area contributed by atoms with Crippen LogP contribution in [0.5, 0.6) is 5.75 Å². The Morgan fingerprint density at radius 2 is 2.11 bits per heavy atom. The molecule has 5 N–H and O–H groups in total. The summed E-state index contributed by atoms with van der Waals surface area (Å²) < 4.78 is 5.09. The maximum Gasteiger partial charge on any atom is 0.255 e. The number of ether oxygens (including phenoxy) is 1. The van der Waals surface area contributed by atoms with Crippen molar-refractivity contribution in [2.24, 2.45) is 11.5 Å². The molecule has 1 aromatic carbocycles. The smallest absolute Gasteiger partial charge is 0.255 e. The largest absolute Gasteiger partial charge is 0.484 e. The molecule has 0 aromatic heterocycles. The molecule has 1 atom stereocenters. The topological polar surface area (TPSA) is 107 Å². The Balaban J connectivity index is 0.00000289. The zero-order chi connectivity index (χ0) is 12.8. The second kappa shape index (κ2) is 7.52. The van der Waals surface area contributed by atoms with Crippen molar-refractivity contribution in [2.45, 2.75) is 13.0 Å². The second-order valence-electron chi connectivity index (χ2n) is 3.56. The molecule has 1 aromatic rings. The van der Waals surface area contributed by atoms with E-state index in [2.05, 4.69) is 5.32 Å². The number of benzene rings is 1. The quantitative estimate of drug-likeness (QED) is 0.715. The normalized spacial score (nSPS) is 11.0. The molecule has 0 aliphatic rings. The Bertz CT molecular complexity index is 424. The molecule has 0 spiro atoms. The fraction of sp³-hybridized carbons (Fsp3) is 0.273. The third-order valence-corrected chi connectivity index (χ3v) is 1.90. The summed E-state index contributed by atoms with van der Waals surface area (Å²) in [7, 11) is 0. The molecule has 0 heterocycles. The first-order valence-electron chi connectivity index (χ1n) is 5.06. The van der Waals surface area contributed by atoms with E-state index in [-0.39, 0.29) is 24.9 Å². The zero-order valence-electron chi connectivity index (χ0n) is 9.88. The van der Waals surface area contributed by atoms with Crippen LogP contribution < -0.4 is 21.5 Å². The van der Waals surface area contributed by atoms with Crippen LogP contribution in [0.3, 0.4) is 0 Å². The lowest BCUT2D eigenvalue weighted by molar-refractivity contribution is -0.120. The van der Waals surface area contributed by atoms with Gasteiger partial charge in [-0.25, -0.2) is 0 Å². The summed E-state index contributed by atoms with van der Waals surface area (Å²) in [5, 5.41) is 2.61. The van der Waals surface area contributed by atoms with E-state index >= 15 is 0 Å². The van der Waals surface area contributed by atoms with Crippen LogP contribution in [0.1, 0.15) is 6.92 Å². The minimum atomic E-state index is -0.592. The van der Waals surface area contributed by atoms with Crippen LogP contribution in [0.25, 0.3) is 0 Å². The maximum absolute atomic E-state index is 11.3. The van der Waals surface area contributed by atoms with Crippen molar-refractivity contribution in [2.75, 3.05) is 11.9 Å². The van der Waals surface area contributed by atoms with Crippen molar-refractivity contribution < 1.29 is 14.3 Å². The van der Waals surface area contributed by atoms with Crippen molar-refractivity contribution >= 4 is 29.9 Å². The number of carbonyl (C=O) groups is 2. The van der Waals surface area contributed by atoms with Crippen molar-refractivity contribution in [3.8, 4) is 5.75 Å². The minimum absolute atomic E-state index is 0. The molecule has 100 valence electrons. The number of anilines is 1. The average molecular weight is 274 g/mol. The first-order valence-corrected chi connectivity index (χ1v) is 5.06. The number of halogens is 1. The minimum Gasteiger partial charge on any atom is -0.484 e. The van der Waals surface area contributed by atoms with Gasteiger partial charge in [0.1, 0.15) is 5.75 Å². The third-order valence-electron chi connectivity index (χ3n) is 1.90. The number of nitrogens with two attached hydrogens (primary N) is 2. The first kappa shape index (κ1) is 16.2. The molecule has 0 aliphatic heterocycles. The molecule has 7 heteroatoms. The van der Waals surface area contributed by atoms with Gasteiger partial charge in [0, 0.05) is 11.8 Å². The lowest BCUT2D eigenvalue weighted by Crippen LogP contribution is -2.32. The molecule has 0 bridgehead atoms. The summed E-state index contributed by atoms with van der Waals surface area (Å²) in [6, 6.07) is 6.03. The number of amides is 2. The SMILES string of the molecule is C[C@H](N)C(=O)Nc1cccc(OCC(N)=O)c1.Cl.